The summed E-state index contributed by atoms with van der Waals surface area (Å²) < 4.78 is 28.0. The molecular weight excluding hydrogens is 268 g/mol. The van der Waals surface area contributed by atoms with E-state index in [4.69, 9.17) is 0 Å². The van der Waals surface area contributed by atoms with Crippen LogP contribution < -0.4 is 5.32 Å². The first-order valence-corrected chi connectivity index (χ1v) is 7.99. The molecule has 21 heavy (non-hydrogen) atoms. The zero-order valence-electron chi connectivity index (χ0n) is 13.4. The monoisotopic (exact) mass is 295 g/mol. The molecule has 0 atom stereocenters. The van der Waals surface area contributed by atoms with Crippen LogP contribution in [0.1, 0.15) is 58.4 Å². The van der Waals surface area contributed by atoms with Gasteiger partial charge in [0.1, 0.15) is 11.6 Å². The van der Waals surface area contributed by atoms with E-state index in [9.17, 15) is 8.78 Å². The van der Waals surface area contributed by atoms with E-state index >= 15 is 0 Å². The van der Waals surface area contributed by atoms with E-state index in [1.165, 1.54) is 24.6 Å². The number of hydrogen-bond donors (Lipinski definition) is 1. The Kier molecular flexibility index (Phi) is 5.03. The van der Waals surface area contributed by atoms with Crippen LogP contribution in [0.25, 0.3) is 0 Å². The molecule has 0 aromatic heterocycles. The van der Waals surface area contributed by atoms with Crippen molar-refractivity contribution in [2.24, 2.45) is 5.41 Å². The summed E-state index contributed by atoms with van der Waals surface area (Å²) in [5.41, 5.74) is 0.266. The highest BCUT2D eigenvalue weighted by molar-refractivity contribution is 5.21. The van der Waals surface area contributed by atoms with Gasteiger partial charge in [0.2, 0.25) is 0 Å². The van der Waals surface area contributed by atoms with E-state index in [0.29, 0.717) is 6.42 Å². The number of halogens is 2. The normalized spacial score (nSPS) is 18.7. The molecule has 0 bridgehead atoms. The van der Waals surface area contributed by atoms with Crippen LogP contribution in [0, 0.1) is 17.0 Å². The summed E-state index contributed by atoms with van der Waals surface area (Å²) in [6, 6.07) is 4.17. The second-order valence-electron chi connectivity index (χ2n) is 7.54. The van der Waals surface area contributed by atoms with Crippen molar-refractivity contribution in [3.8, 4) is 0 Å². The molecule has 1 fully saturated rings. The molecule has 0 heterocycles. The van der Waals surface area contributed by atoms with Gasteiger partial charge in [-0.2, -0.15) is 0 Å². The topological polar surface area (TPSA) is 12.0 Å². The van der Waals surface area contributed by atoms with Crippen LogP contribution in [0.3, 0.4) is 0 Å². The van der Waals surface area contributed by atoms with Gasteiger partial charge in [-0.1, -0.05) is 25.3 Å². The fourth-order valence-electron chi connectivity index (χ4n) is 3.25. The zero-order valence-corrected chi connectivity index (χ0v) is 13.4. The Bertz CT molecular complexity index is 450. The molecule has 0 saturated heterocycles. The first-order valence-electron chi connectivity index (χ1n) is 7.99. The van der Waals surface area contributed by atoms with Crippen molar-refractivity contribution < 1.29 is 8.78 Å². The quantitative estimate of drug-likeness (QED) is 0.837. The molecule has 0 aliphatic heterocycles. The predicted molar refractivity (Wildman–Crippen MR) is 83.3 cm³/mol. The Morgan fingerprint density at radius 2 is 1.62 bits per heavy atom. The van der Waals surface area contributed by atoms with Gasteiger partial charge < -0.3 is 5.32 Å². The SMILES string of the molecule is CC(C)(C)NCC1(Cc2c(F)cccc2F)CCCCC1. The van der Waals surface area contributed by atoms with E-state index in [-0.39, 0.29) is 16.5 Å². The molecule has 1 aromatic rings. The summed E-state index contributed by atoms with van der Waals surface area (Å²) in [4.78, 5) is 0. The second-order valence-corrected chi connectivity index (χ2v) is 7.54. The van der Waals surface area contributed by atoms with Crippen LogP contribution in [0.2, 0.25) is 0 Å². The first kappa shape index (κ1) is 16.4. The van der Waals surface area contributed by atoms with E-state index < -0.39 is 11.6 Å². The lowest BCUT2D eigenvalue weighted by Crippen LogP contribution is -2.46. The minimum absolute atomic E-state index is 0.0193. The highest BCUT2D eigenvalue weighted by atomic mass is 19.1. The van der Waals surface area contributed by atoms with Crippen molar-refractivity contribution in [2.75, 3.05) is 6.54 Å². The molecule has 3 heteroatoms. The zero-order chi connectivity index (χ0) is 15.5. The predicted octanol–water partition coefficient (Wildman–Crippen LogP) is 4.85. The van der Waals surface area contributed by atoms with Gasteiger partial charge in [-0.05, 0) is 57.6 Å². The molecular formula is C18H27F2N. The number of rotatable bonds is 4. The van der Waals surface area contributed by atoms with Gasteiger partial charge in [0.15, 0.2) is 0 Å². The molecule has 0 spiro atoms. The van der Waals surface area contributed by atoms with Crippen molar-refractivity contribution in [3.05, 3.63) is 35.4 Å². The van der Waals surface area contributed by atoms with Crippen molar-refractivity contribution in [3.63, 3.8) is 0 Å². The molecule has 2 rings (SSSR count). The minimum Gasteiger partial charge on any atom is -0.312 e. The molecule has 0 unspecified atom stereocenters. The summed E-state index contributed by atoms with van der Waals surface area (Å²) >= 11 is 0. The lowest BCUT2D eigenvalue weighted by molar-refractivity contribution is 0.162. The molecule has 0 radical (unpaired) electrons. The highest BCUT2D eigenvalue weighted by Gasteiger charge is 2.34. The Hall–Kier alpha value is -0.960. The van der Waals surface area contributed by atoms with E-state index in [0.717, 1.165) is 32.2 Å². The van der Waals surface area contributed by atoms with Crippen molar-refractivity contribution in [1.82, 2.24) is 5.32 Å². The lowest BCUT2D eigenvalue weighted by Gasteiger charge is -2.40. The largest absolute Gasteiger partial charge is 0.312 e. The average molecular weight is 295 g/mol. The van der Waals surface area contributed by atoms with Gasteiger partial charge in [0.05, 0.1) is 0 Å². The number of hydrogen-bond acceptors (Lipinski definition) is 1. The second kappa shape index (κ2) is 6.43. The molecule has 1 aromatic carbocycles. The molecule has 1 N–H and O–H groups in total. The van der Waals surface area contributed by atoms with Gasteiger partial charge >= 0.3 is 0 Å². The van der Waals surface area contributed by atoms with Gasteiger partial charge in [0.25, 0.3) is 0 Å². The molecule has 1 aliphatic carbocycles. The molecule has 1 nitrogen and oxygen atoms in total. The van der Waals surface area contributed by atoms with E-state index in [1.54, 1.807) is 0 Å². The maximum absolute atomic E-state index is 14.0. The van der Waals surface area contributed by atoms with Gasteiger partial charge in [-0.3, -0.25) is 0 Å². The molecule has 1 saturated carbocycles. The average Bonchev–Trinajstić information content (AvgIpc) is 2.42. The van der Waals surface area contributed by atoms with Crippen molar-refractivity contribution in [2.45, 2.75) is 64.8 Å². The third-order valence-electron chi connectivity index (χ3n) is 4.52. The summed E-state index contributed by atoms with van der Waals surface area (Å²) in [6.45, 7) is 7.22. The third-order valence-corrected chi connectivity index (χ3v) is 4.52. The number of benzene rings is 1. The summed E-state index contributed by atoms with van der Waals surface area (Å²) in [6.07, 6.45) is 6.13. The fraction of sp³-hybridized carbons (Fsp3) is 0.667. The Morgan fingerprint density at radius 1 is 1.05 bits per heavy atom. The Morgan fingerprint density at radius 3 is 2.14 bits per heavy atom. The van der Waals surface area contributed by atoms with Crippen LogP contribution >= 0.6 is 0 Å². The highest BCUT2D eigenvalue weighted by Crippen LogP contribution is 2.40. The molecule has 1 aliphatic rings. The smallest absolute Gasteiger partial charge is 0.129 e. The fourth-order valence-corrected chi connectivity index (χ4v) is 3.25. The van der Waals surface area contributed by atoms with E-state index in [2.05, 4.69) is 26.1 Å². The van der Waals surface area contributed by atoms with Crippen molar-refractivity contribution in [1.29, 1.82) is 0 Å². The van der Waals surface area contributed by atoms with Gasteiger partial charge in [0, 0.05) is 17.6 Å². The maximum Gasteiger partial charge on any atom is 0.129 e. The lowest BCUT2D eigenvalue weighted by atomic mass is 9.70. The van der Waals surface area contributed by atoms with E-state index in [1.807, 2.05) is 0 Å². The Balaban J connectivity index is 2.20. The van der Waals surface area contributed by atoms with Crippen LogP contribution in [-0.2, 0) is 6.42 Å². The molecule has 0 amide bonds. The molecule has 118 valence electrons. The maximum atomic E-state index is 14.0. The summed E-state index contributed by atoms with van der Waals surface area (Å²) in [5, 5.41) is 3.55. The van der Waals surface area contributed by atoms with Crippen LogP contribution in [-0.4, -0.2) is 12.1 Å². The van der Waals surface area contributed by atoms with Gasteiger partial charge in [-0.15, -0.1) is 0 Å². The number of nitrogens with one attached hydrogen (secondary N) is 1. The standard InChI is InChI=1S/C18H27F2N/c1-17(2,3)21-13-18(10-5-4-6-11-18)12-14-15(19)8-7-9-16(14)20/h7-9,21H,4-6,10-13H2,1-3H3. The third kappa shape index (κ3) is 4.50. The van der Waals surface area contributed by atoms with Gasteiger partial charge in [-0.25, -0.2) is 8.78 Å². The Labute approximate surface area is 127 Å². The summed E-state index contributed by atoms with van der Waals surface area (Å²) in [7, 11) is 0. The van der Waals surface area contributed by atoms with Crippen LogP contribution in [0.5, 0.6) is 0 Å². The summed E-state index contributed by atoms with van der Waals surface area (Å²) in [5.74, 6) is -0.814. The van der Waals surface area contributed by atoms with Crippen LogP contribution in [0.15, 0.2) is 18.2 Å². The minimum atomic E-state index is -0.407. The van der Waals surface area contributed by atoms with Crippen LogP contribution in [0.4, 0.5) is 8.78 Å². The first-order chi connectivity index (χ1) is 9.81. The van der Waals surface area contributed by atoms with Crippen molar-refractivity contribution >= 4 is 0 Å².